The highest BCUT2D eigenvalue weighted by atomic mass is 35.5. The molecule has 0 fully saturated rings. The summed E-state index contributed by atoms with van der Waals surface area (Å²) in [5, 5.41) is 4.74. The van der Waals surface area contributed by atoms with Gasteiger partial charge in [-0.15, -0.1) is 0 Å². The molecule has 4 N–H and O–H groups in total. The van der Waals surface area contributed by atoms with Crippen molar-refractivity contribution in [3.8, 4) is 0 Å². The van der Waals surface area contributed by atoms with E-state index in [0.717, 1.165) is 11.3 Å². The summed E-state index contributed by atoms with van der Waals surface area (Å²) >= 11 is 11.9. The first-order valence-electron chi connectivity index (χ1n) is 6.50. The first kappa shape index (κ1) is 14.7. The molecule has 0 aliphatic rings. The molecule has 1 heterocycles. The molecule has 0 aliphatic carbocycles. The number of hydrogen-bond donors (Lipinski definition) is 3. The maximum atomic E-state index is 11.9. The lowest BCUT2D eigenvalue weighted by molar-refractivity contribution is 1.15. The third-order valence-corrected chi connectivity index (χ3v) is 3.94. The van der Waals surface area contributed by atoms with Gasteiger partial charge >= 0.3 is 0 Å². The molecule has 0 aliphatic heterocycles. The summed E-state index contributed by atoms with van der Waals surface area (Å²) in [4.78, 5) is 18.4. The maximum Gasteiger partial charge on any atom is 0.260 e. The fourth-order valence-corrected chi connectivity index (χ4v) is 2.44. The molecule has 0 saturated heterocycles. The summed E-state index contributed by atoms with van der Waals surface area (Å²) in [5.41, 5.74) is 7.60. The number of anilines is 2. The van der Waals surface area contributed by atoms with Gasteiger partial charge in [0.2, 0.25) is 5.95 Å². The van der Waals surface area contributed by atoms with Crippen LogP contribution in [0.1, 0.15) is 5.56 Å². The number of nitrogens with two attached hydrogens (primary N) is 1. The predicted molar refractivity (Wildman–Crippen MR) is 90.6 cm³/mol. The zero-order valence-electron chi connectivity index (χ0n) is 11.4. The maximum absolute atomic E-state index is 11.9. The number of H-pyrrole nitrogens is 1. The molecule has 7 heteroatoms. The molecule has 0 saturated carbocycles. The molecule has 3 rings (SSSR count). The monoisotopic (exact) mass is 334 g/mol. The summed E-state index contributed by atoms with van der Waals surface area (Å²) in [6.45, 7) is 0.558. The fourth-order valence-electron chi connectivity index (χ4n) is 2.12. The molecule has 22 heavy (non-hydrogen) atoms. The number of nitrogen functional groups attached to an aromatic ring is 1. The largest absolute Gasteiger partial charge is 0.381 e. The average molecular weight is 335 g/mol. The zero-order valence-corrected chi connectivity index (χ0v) is 12.9. The number of nitrogens with one attached hydrogen (secondary N) is 2. The molecule has 0 amide bonds. The lowest BCUT2D eigenvalue weighted by Gasteiger charge is -2.08. The van der Waals surface area contributed by atoms with Crippen LogP contribution in [-0.2, 0) is 6.54 Å². The van der Waals surface area contributed by atoms with Crippen molar-refractivity contribution < 1.29 is 0 Å². The minimum Gasteiger partial charge on any atom is -0.381 e. The molecule has 5 nitrogen and oxygen atoms in total. The highest BCUT2D eigenvalue weighted by Crippen LogP contribution is 2.23. The number of nitrogens with zero attached hydrogens (tertiary/aromatic N) is 1. The minimum atomic E-state index is -0.263. The van der Waals surface area contributed by atoms with E-state index in [-0.39, 0.29) is 11.5 Å². The normalized spacial score (nSPS) is 10.8. The second-order valence-electron chi connectivity index (χ2n) is 4.79. The first-order chi connectivity index (χ1) is 10.5. The van der Waals surface area contributed by atoms with Crippen molar-refractivity contribution in [2.75, 3.05) is 11.1 Å². The van der Waals surface area contributed by atoms with Gasteiger partial charge in [0.15, 0.2) is 0 Å². The molecule has 1 aromatic heterocycles. The number of aromatic nitrogens is 2. The van der Waals surface area contributed by atoms with Gasteiger partial charge < -0.3 is 11.1 Å². The van der Waals surface area contributed by atoms with Gasteiger partial charge in [-0.3, -0.25) is 9.78 Å². The van der Waals surface area contributed by atoms with Gasteiger partial charge in [0, 0.05) is 12.2 Å². The number of aromatic amines is 1. The second-order valence-corrected chi connectivity index (χ2v) is 5.60. The van der Waals surface area contributed by atoms with Crippen LogP contribution in [0.2, 0.25) is 10.0 Å². The molecule has 2 aromatic carbocycles. The van der Waals surface area contributed by atoms with Crippen LogP contribution in [-0.4, -0.2) is 9.97 Å². The molecular formula is C15H12Cl2N4O. The van der Waals surface area contributed by atoms with E-state index >= 15 is 0 Å². The van der Waals surface area contributed by atoms with Crippen molar-refractivity contribution >= 4 is 45.7 Å². The van der Waals surface area contributed by atoms with Gasteiger partial charge in [0.05, 0.1) is 20.9 Å². The number of halogens is 2. The molecule has 112 valence electrons. The summed E-state index contributed by atoms with van der Waals surface area (Å²) in [6.07, 6.45) is 0. The van der Waals surface area contributed by atoms with Gasteiger partial charge in [0.25, 0.3) is 5.56 Å². The lowest BCUT2D eigenvalue weighted by Crippen LogP contribution is -2.11. The Bertz CT molecular complexity index is 908. The molecule has 0 bridgehead atoms. The highest BCUT2D eigenvalue weighted by Gasteiger charge is 2.04. The Labute approximate surface area is 136 Å². The van der Waals surface area contributed by atoms with E-state index in [9.17, 15) is 4.79 Å². The Morgan fingerprint density at radius 3 is 2.73 bits per heavy atom. The van der Waals surface area contributed by atoms with Gasteiger partial charge in [-0.1, -0.05) is 29.3 Å². The van der Waals surface area contributed by atoms with Crippen LogP contribution in [0.4, 0.5) is 11.6 Å². The smallest absolute Gasteiger partial charge is 0.260 e. The van der Waals surface area contributed by atoms with Gasteiger partial charge in [0.1, 0.15) is 0 Å². The highest BCUT2D eigenvalue weighted by molar-refractivity contribution is 6.42. The van der Waals surface area contributed by atoms with Crippen molar-refractivity contribution in [1.82, 2.24) is 9.97 Å². The van der Waals surface area contributed by atoms with E-state index in [1.165, 1.54) is 0 Å². The SMILES string of the molecule is Nc1nc2ccc(NCc3ccc(Cl)c(Cl)c3)cc2c(=O)[nH]1. The van der Waals surface area contributed by atoms with Crippen molar-refractivity contribution in [2.45, 2.75) is 6.54 Å². The molecule has 0 spiro atoms. The summed E-state index contributed by atoms with van der Waals surface area (Å²) in [5.74, 6) is 0.106. The topological polar surface area (TPSA) is 83.8 Å². The third kappa shape index (κ3) is 3.00. The van der Waals surface area contributed by atoms with E-state index in [4.69, 9.17) is 28.9 Å². The van der Waals surface area contributed by atoms with Crippen LogP contribution >= 0.6 is 23.2 Å². The van der Waals surface area contributed by atoms with Gasteiger partial charge in [-0.05, 0) is 35.9 Å². The number of rotatable bonds is 3. The van der Waals surface area contributed by atoms with Crippen LogP contribution in [0, 0.1) is 0 Å². The van der Waals surface area contributed by atoms with Crippen LogP contribution in [0.15, 0.2) is 41.2 Å². The van der Waals surface area contributed by atoms with Crippen LogP contribution in [0.5, 0.6) is 0 Å². The van der Waals surface area contributed by atoms with Crippen LogP contribution in [0.3, 0.4) is 0 Å². The Balaban J connectivity index is 1.85. The van der Waals surface area contributed by atoms with Crippen LogP contribution < -0.4 is 16.6 Å². The van der Waals surface area contributed by atoms with E-state index in [0.29, 0.717) is 27.5 Å². The quantitative estimate of drug-likeness (QED) is 0.685. The Morgan fingerprint density at radius 2 is 1.95 bits per heavy atom. The Morgan fingerprint density at radius 1 is 1.14 bits per heavy atom. The van der Waals surface area contributed by atoms with E-state index in [1.54, 1.807) is 24.3 Å². The number of hydrogen-bond acceptors (Lipinski definition) is 4. The molecule has 0 radical (unpaired) electrons. The van der Waals surface area contributed by atoms with E-state index in [1.807, 2.05) is 12.1 Å². The first-order valence-corrected chi connectivity index (χ1v) is 7.26. The summed E-state index contributed by atoms with van der Waals surface area (Å²) < 4.78 is 0. The number of benzene rings is 2. The van der Waals surface area contributed by atoms with Crippen molar-refractivity contribution in [1.29, 1.82) is 0 Å². The second kappa shape index (κ2) is 5.87. The summed E-state index contributed by atoms with van der Waals surface area (Å²) in [6, 6.07) is 10.8. The van der Waals surface area contributed by atoms with Crippen molar-refractivity contribution in [3.63, 3.8) is 0 Å². The predicted octanol–water partition coefficient (Wildman–Crippen LogP) is 3.42. The summed E-state index contributed by atoms with van der Waals surface area (Å²) in [7, 11) is 0. The van der Waals surface area contributed by atoms with E-state index < -0.39 is 0 Å². The van der Waals surface area contributed by atoms with E-state index in [2.05, 4.69) is 15.3 Å². The molecule has 0 atom stereocenters. The Hall–Kier alpha value is -2.24. The van der Waals surface area contributed by atoms with Gasteiger partial charge in [-0.25, -0.2) is 4.98 Å². The Kier molecular flexibility index (Phi) is 3.92. The van der Waals surface area contributed by atoms with Crippen molar-refractivity contribution in [2.24, 2.45) is 0 Å². The molecule has 0 unspecified atom stereocenters. The number of fused-ring (bicyclic) bond motifs is 1. The average Bonchev–Trinajstić information content (AvgIpc) is 2.48. The van der Waals surface area contributed by atoms with Crippen LogP contribution in [0.25, 0.3) is 10.9 Å². The standard InChI is InChI=1S/C15H12Cl2N4O/c16-11-3-1-8(5-12(11)17)7-19-9-2-4-13-10(6-9)14(22)21-15(18)20-13/h1-6,19H,7H2,(H3,18,20,21,22). The lowest BCUT2D eigenvalue weighted by atomic mass is 10.2. The zero-order chi connectivity index (χ0) is 15.7. The third-order valence-electron chi connectivity index (χ3n) is 3.20. The fraction of sp³-hybridized carbons (Fsp3) is 0.0667. The molecule has 3 aromatic rings. The van der Waals surface area contributed by atoms with Gasteiger partial charge in [-0.2, -0.15) is 0 Å². The molecular weight excluding hydrogens is 323 g/mol. The van der Waals surface area contributed by atoms with Crippen molar-refractivity contribution in [3.05, 3.63) is 62.4 Å². The minimum absolute atomic E-state index is 0.106.